The van der Waals surface area contributed by atoms with E-state index < -0.39 is 0 Å². The van der Waals surface area contributed by atoms with Crippen molar-refractivity contribution in [3.05, 3.63) is 35.9 Å². The molecule has 0 saturated heterocycles. The van der Waals surface area contributed by atoms with Crippen LogP contribution < -0.4 is 0 Å². The van der Waals surface area contributed by atoms with Crippen LogP contribution in [0.15, 0.2) is 24.8 Å². The molecule has 0 aliphatic rings. The van der Waals surface area contributed by atoms with Gasteiger partial charge >= 0.3 is 0 Å². The van der Waals surface area contributed by atoms with Gasteiger partial charge in [0.2, 0.25) is 0 Å². The number of hydrogen-bond donors (Lipinski definition) is 0. The van der Waals surface area contributed by atoms with Gasteiger partial charge in [0.15, 0.2) is 0 Å². The molecule has 0 N–H and O–H groups in total. The first-order valence-corrected chi connectivity index (χ1v) is 7.06. The molecule has 0 unspecified atom stereocenters. The minimum absolute atomic E-state index is 0.739. The van der Waals surface area contributed by atoms with Crippen molar-refractivity contribution < 1.29 is 0 Å². The van der Waals surface area contributed by atoms with Crippen LogP contribution in [-0.2, 0) is 6.42 Å². The van der Waals surface area contributed by atoms with Crippen molar-refractivity contribution in [1.82, 2.24) is 29.1 Å². The fraction of sp³-hybridized carbons (Fsp3) is 0.0909. The Balaban J connectivity index is 1.86. The molecular formula is C11H6N6S2. The highest BCUT2D eigenvalue weighted by molar-refractivity contribution is 7.13. The third kappa shape index (κ3) is 1.76. The molecule has 0 fully saturated rings. The van der Waals surface area contributed by atoms with Crippen molar-refractivity contribution in [2.24, 2.45) is 0 Å². The highest BCUT2D eigenvalue weighted by atomic mass is 32.1. The molecule has 0 spiro atoms. The lowest BCUT2D eigenvalue weighted by Gasteiger charge is -2.02. The second-order valence-electron chi connectivity index (χ2n) is 4.02. The number of pyridine rings is 2. The van der Waals surface area contributed by atoms with Crippen LogP contribution in [0.25, 0.3) is 20.4 Å². The predicted octanol–water partition coefficient (Wildman–Crippen LogP) is 2.08. The SMILES string of the molecule is c1ncc2nnsc2c1Cc1cncc2nnsc12. The van der Waals surface area contributed by atoms with Crippen LogP contribution in [-0.4, -0.2) is 29.1 Å². The first-order chi connectivity index (χ1) is 9.42. The first-order valence-electron chi connectivity index (χ1n) is 5.52. The van der Waals surface area contributed by atoms with Crippen LogP contribution in [0.1, 0.15) is 11.1 Å². The van der Waals surface area contributed by atoms with Crippen LogP contribution in [0.4, 0.5) is 0 Å². The second-order valence-corrected chi connectivity index (χ2v) is 5.52. The van der Waals surface area contributed by atoms with E-state index in [-0.39, 0.29) is 0 Å². The van der Waals surface area contributed by atoms with Gasteiger partial charge in [-0.2, -0.15) is 0 Å². The molecule has 4 heterocycles. The number of rotatable bonds is 2. The highest BCUT2D eigenvalue weighted by Gasteiger charge is 2.10. The summed E-state index contributed by atoms with van der Waals surface area (Å²) in [6, 6.07) is 0. The Hall–Kier alpha value is -2.06. The van der Waals surface area contributed by atoms with Crippen LogP contribution >= 0.6 is 23.1 Å². The Labute approximate surface area is 115 Å². The summed E-state index contributed by atoms with van der Waals surface area (Å²) in [4.78, 5) is 8.41. The fourth-order valence-electron chi connectivity index (χ4n) is 1.98. The molecule has 0 bridgehead atoms. The van der Waals surface area contributed by atoms with Crippen molar-refractivity contribution in [2.45, 2.75) is 6.42 Å². The third-order valence-corrected chi connectivity index (χ3v) is 4.48. The molecule has 4 rings (SSSR count). The van der Waals surface area contributed by atoms with Gasteiger partial charge in [0.25, 0.3) is 0 Å². The summed E-state index contributed by atoms with van der Waals surface area (Å²) < 4.78 is 10.1. The summed E-state index contributed by atoms with van der Waals surface area (Å²) in [5, 5.41) is 8.08. The van der Waals surface area contributed by atoms with Crippen molar-refractivity contribution in [1.29, 1.82) is 0 Å². The predicted molar refractivity (Wildman–Crippen MR) is 73.2 cm³/mol. The molecule has 0 radical (unpaired) electrons. The zero-order valence-corrected chi connectivity index (χ0v) is 11.1. The lowest BCUT2D eigenvalue weighted by atomic mass is 10.1. The fourth-order valence-corrected chi connectivity index (χ4v) is 3.26. The Morgan fingerprint density at radius 3 is 1.79 bits per heavy atom. The Morgan fingerprint density at radius 1 is 0.737 bits per heavy atom. The summed E-state index contributed by atoms with van der Waals surface area (Å²) in [5.74, 6) is 0. The maximum atomic E-state index is 4.20. The topological polar surface area (TPSA) is 77.3 Å². The van der Waals surface area contributed by atoms with Gasteiger partial charge in [0.05, 0.1) is 21.8 Å². The van der Waals surface area contributed by atoms with Crippen LogP contribution in [0, 0.1) is 0 Å². The summed E-state index contributed by atoms with van der Waals surface area (Å²) >= 11 is 2.78. The van der Waals surface area contributed by atoms with E-state index in [1.807, 2.05) is 12.4 Å². The number of nitrogens with zero attached hydrogens (tertiary/aromatic N) is 6. The van der Waals surface area contributed by atoms with E-state index in [0.717, 1.165) is 38.0 Å². The van der Waals surface area contributed by atoms with Gasteiger partial charge in [-0.15, -0.1) is 10.2 Å². The standard InChI is InChI=1S/C11H6N6S2/c1(6-2-12-4-8-10(6)18-16-14-8)7-3-13-5-9-11(7)19-17-15-9/h2-5H,1H2. The van der Waals surface area contributed by atoms with Crippen LogP contribution in [0.3, 0.4) is 0 Å². The monoisotopic (exact) mass is 286 g/mol. The van der Waals surface area contributed by atoms with Crippen molar-refractivity contribution >= 4 is 43.5 Å². The number of hydrogen-bond acceptors (Lipinski definition) is 8. The van der Waals surface area contributed by atoms with E-state index in [9.17, 15) is 0 Å². The van der Waals surface area contributed by atoms with Crippen LogP contribution in [0.2, 0.25) is 0 Å². The highest BCUT2D eigenvalue weighted by Crippen LogP contribution is 2.25. The van der Waals surface area contributed by atoms with E-state index in [4.69, 9.17) is 0 Å². The molecule has 0 aromatic carbocycles. The van der Waals surface area contributed by atoms with Crippen molar-refractivity contribution in [2.75, 3.05) is 0 Å². The van der Waals surface area contributed by atoms with Gasteiger partial charge in [0.1, 0.15) is 11.0 Å². The minimum Gasteiger partial charge on any atom is -0.262 e. The molecule has 0 atom stereocenters. The maximum absolute atomic E-state index is 4.20. The van der Waals surface area contributed by atoms with Crippen molar-refractivity contribution in [3.8, 4) is 0 Å². The molecule has 0 amide bonds. The lowest BCUT2D eigenvalue weighted by Crippen LogP contribution is -1.91. The molecule has 92 valence electrons. The zero-order chi connectivity index (χ0) is 12.7. The van der Waals surface area contributed by atoms with Gasteiger partial charge in [-0.3, -0.25) is 9.97 Å². The second kappa shape index (κ2) is 4.25. The Kier molecular flexibility index (Phi) is 2.42. The van der Waals surface area contributed by atoms with Gasteiger partial charge in [-0.05, 0) is 34.2 Å². The van der Waals surface area contributed by atoms with E-state index in [1.54, 1.807) is 12.4 Å². The molecule has 4 aromatic heterocycles. The molecule has 0 aliphatic heterocycles. The summed E-state index contributed by atoms with van der Waals surface area (Å²) in [6.07, 6.45) is 7.91. The normalized spacial score (nSPS) is 11.4. The van der Waals surface area contributed by atoms with Crippen LogP contribution in [0.5, 0.6) is 0 Å². The molecule has 0 aliphatic carbocycles. The maximum Gasteiger partial charge on any atom is 0.124 e. The summed E-state index contributed by atoms with van der Waals surface area (Å²) in [6.45, 7) is 0. The molecule has 6 nitrogen and oxygen atoms in total. The minimum atomic E-state index is 0.739. The summed E-state index contributed by atoms with van der Waals surface area (Å²) in [5.41, 5.74) is 3.89. The number of aromatic nitrogens is 6. The number of fused-ring (bicyclic) bond motifs is 2. The van der Waals surface area contributed by atoms with Gasteiger partial charge in [-0.25, -0.2) is 0 Å². The quantitative estimate of drug-likeness (QED) is 0.561. The first kappa shape index (κ1) is 10.8. The largest absolute Gasteiger partial charge is 0.262 e. The Morgan fingerprint density at radius 2 is 1.26 bits per heavy atom. The van der Waals surface area contributed by atoms with E-state index in [2.05, 4.69) is 29.1 Å². The molecule has 4 aromatic rings. The smallest absolute Gasteiger partial charge is 0.124 e. The van der Waals surface area contributed by atoms with Crippen molar-refractivity contribution in [3.63, 3.8) is 0 Å². The summed E-state index contributed by atoms with van der Waals surface area (Å²) in [7, 11) is 0. The Bertz CT molecular complexity index is 796. The zero-order valence-electron chi connectivity index (χ0n) is 9.52. The van der Waals surface area contributed by atoms with E-state index in [1.165, 1.54) is 23.1 Å². The lowest BCUT2D eigenvalue weighted by molar-refractivity contribution is 1.14. The van der Waals surface area contributed by atoms with E-state index >= 15 is 0 Å². The molecule has 0 saturated carbocycles. The van der Waals surface area contributed by atoms with Gasteiger partial charge in [0, 0.05) is 18.8 Å². The average Bonchev–Trinajstić information content (AvgIpc) is 3.08. The molecular weight excluding hydrogens is 280 g/mol. The van der Waals surface area contributed by atoms with E-state index in [0.29, 0.717) is 0 Å². The molecule has 8 heteroatoms. The van der Waals surface area contributed by atoms with Gasteiger partial charge < -0.3 is 0 Å². The third-order valence-electron chi connectivity index (χ3n) is 2.85. The molecule has 19 heavy (non-hydrogen) atoms. The average molecular weight is 286 g/mol. The van der Waals surface area contributed by atoms with Gasteiger partial charge in [-0.1, -0.05) is 8.98 Å².